The fourth-order valence-corrected chi connectivity index (χ4v) is 3.46. The van der Waals surface area contributed by atoms with Crippen molar-refractivity contribution < 1.29 is 4.79 Å². The van der Waals surface area contributed by atoms with Gasteiger partial charge in [0.1, 0.15) is 5.52 Å². The van der Waals surface area contributed by atoms with Gasteiger partial charge in [-0.3, -0.25) is 4.79 Å². The summed E-state index contributed by atoms with van der Waals surface area (Å²) in [6.07, 6.45) is 0. The number of carbonyl (C=O) groups is 1. The fourth-order valence-electron chi connectivity index (χ4n) is 2.88. The Hall–Kier alpha value is -2.93. The van der Waals surface area contributed by atoms with Crippen molar-refractivity contribution in [3.8, 4) is 0 Å². The van der Waals surface area contributed by atoms with E-state index in [0.29, 0.717) is 10.8 Å². The van der Waals surface area contributed by atoms with Crippen molar-refractivity contribution in [1.82, 2.24) is 20.2 Å². The van der Waals surface area contributed by atoms with Crippen molar-refractivity contribution in [3.63, 3.8) is 0 Å². The van der Waals surface area contributed by atoms with Crippen LogP contribution < -0.4 is 5.32 Å². The van der Waals surface area contributed by atoms with Crippen LogP contribution in [0.5, 0.6) is 0 Å². The van der Waals surface area contributed by atoms with Crippen molar-refractivity contribution in [2.75, 3.05) is 11.1 Å². The van der Waals surface area contributed by atoms with Gasteiger partial charge in [0.15, 0.2) is 5.65 Å². The smallest absolute Gasteiger partial charge is 0.234 e. The van der Waals surface area contributed by atoms with Crippen LogP contribution in [0.4, 0.5) is 5.69 Å². The summed E-state index contributed by atoms with van der Waals surface area (Å²) in [5.74, 6) is 0.124. The van der Waals surface area contributed by atoms with Gasteiger partial charge in [-0.2, -0.15) is 0 Å². The Labute approximate surface area is 160 Å². The molecule has 0 saturated carbocycles. The molecular weight excluding hydrogens is 358 g/mol. The molecule has 0 fully saturated rings. The molecule has 136 valence electrons. The predicted molar refractivity (Wildman–Crippen MR) is 109 cm³/mol. The van der Waals surface area contributed by atoms with E-state index in [9.17, 15) is 4.79 Å². The maximum Gasteiger partial charge on any atom is 0.234 e. The second kappa shape index (κ2) is 7.00. The van der Waals surface area contributed by atoms with Gasteiger partial charge in [0, 0.05) is 16.6 Å². The normalized spacial score (nSPS) is 11.2. The monoisotopic (exact) mass is 377 g/mol. The number of thioether (sulfide) groups is 1. The van der Waals surface area contributed by atoms with E-state index in [1.165, 1.54) is 17.3 Å². The maximum absolute atomic E-state index is 12.2. The number of hydrogen-bond donors (Lipinski definition) is 2. The van der Waals surface area contributed by atoms with E-state index in [1.54, 1.807) is 0 Å². The lowest BCUT2D eigenvalue weighted by molar-refractivity contribution is -0.113. The number of aromatic amines is 1. The summed E-state index contributed by atoms with van der Waals surface area (Å²) in [7, 11) is 0. The lowest BCUT2D eigenvalue weighted by atomic mass is 10.1. The number of rotatable bonds is 4. The van der Waals surface area contributed by atoms with Gasteiger partial charge in [-0.25, -0.2) is 4.98 Å². The Morgan fingerprint density at radius 2 is 1.93 bits per heavy atom. The summed E-state index contributed by atoms with van der Waals surface area (Å²) in [5, 5.41) is 12.8. The van der Waals surface area contributed by atoms with E-state index in [-0.39, 0.29) is 11.7 Å². The standard InChI is InChI=1S/C20H19N5OS/c1-11-4-7-16-15(8-11)18-19(22-16)23-20(25-24-18)27-10-17(26)21-14-6-5-12(2)13(3)9-14/h4-9H,10H2,1-3H3,(H,21,26)(H,22,23,25). The van der Waals surface area contributed by atoms with Crippen molar-refractivity contribution in [2.45, 2.75) is 25.9 Å². The molecule has 7 heteroatoms. The summed E-state index contributed by atoms with van der Waals surface area (Å²) in [6, 6.07) is 12.0. The van der Waals surface area contributed by atoms with Crippen molar-refractivity contribution >= 4 is 45.4 Å². The van der Waals surface area contributed by atoms with E-state index in [0.717, 1.165) is 33.2 Å². The first-order chi connectivity index (χ1) is 13.0. The molecule has 27 heavy (non-hydrogen) atoms. The van der Waals surface area contributed by atoms with Crippen LogP contribution in [-0.2, 0) is 4.79 Å². The zero-order chi connectivity index (χ0) is 19.0. The van der Waals surface area contributed by atoms with Crippen molar-refractivity contribution in [2.24, 2.45) is 0 Å². The highest BCUT2D eigenvalue weighted by Gasteiger charge is 2.11. The number of fused-ring (bicyclic) bond motifs is 3. The van der Waals surface area contributed by atoms with Gasteiger partial charge in [-0.15, -0.1) is 10.2 Å². The van der Waals surface area contributed by atoms with Gasteiger partial charge in [0.25, 0.3) is 0 Å². The first kappa shape index (κ1) is 17.5. The van der Waals surface area contributed by atoms with Crippen LogP contribution in [0.25, 0.3) is 22.1 Å². The van der Waals surface area contributed by atoms with Gasteiger partial charge in [-0.05, 0) is 56.2 Å². The molecule has 0 aliphatic heterocycles. The average Bonchev–Trinajstić information content (AvgIpc) is 3.00. The minimum Gasteiger partial charge on any atom is -0.338 e. The number of H-pyrrole nitrogens is 1. The van der Waals surface area contributed by atoms with Gasteiger partial charge in [0.2, 0.25) is 11.1 Å². The SMILES string of the molecule is Cc1ccc2[nH]c3nc(SCC(=O)Nc4ccc(C)c(C)c4)nnc3c2c1. The number of nitrogens with zero attached hydrogens (tertiary/aromatic N) is 3. The molecule has 0 radical (unpaired) electrons. The Balaban J connectivity index is 1.47. The summed E-state index contributed by atoms with van der Waals surface area (Å²) < 4.78 is 0. The highest BCUT2D eigenvalue weighted by molar-refractivity contribution is 7.99. The number of aryl methyl sites for hydroxylation is 3. The van der Waals surface area contributed by atoms with E-state index < -0.39 is 0 Å². The lowest BCUT2D eigenvalue weighted by Crippen LogP contribution is -2.14. The third kappa shape index (κ3) is 3.64. The number of carbonyl (C=O) groups excluding carboxylic acids is 1. The molecule has 2 N–H and O–H groups in total. The second-order valence-electron chi connectivity index (χ2n) is 6.60. The Bertz CT molecular complexity index is 1170. The van der Waals surface area contributed by atoms with Crippen LogP contribution in [0.2, 0.25) is 0 Å². The topological polar surface area (TPSA) is 83.6 Å². The second-order valence-corrected chi connectivity index (χ2v) is 7.54. The molecule has 2 heterocycles. The zero-order valence-electron chi connectivity index (χ0n) is 15.3. The van der Waals surface area contributed by atoms with Crippen LogP contribution in [-0.4, -0.2) is 31.8 Å². The third-order valence-electron chi connectivity index (χ3n) is 4.47. The molecule has 2 aromatic carbocycles. The molecule has 0 spiro atoms. The number of amides is 1. The minimum absolute atomic E-state index is 0.0979. The van der Waals surface area contributed by atoms with Crippen LogP contribution in [0.3, 0.4) is 0 Å². The Morgan fingerprint density at radius 1 is 1.07 bits per heavy atom. The number of aromatic nitrogens is 4. The summed E-state index contributed by atoms with van der Waals surface area (Å²) >= 11 is 1.27. The molecule has 0 aliphatic carbocycles. The number of hydrogen-bond acceptors (Lipinski definition) is 5. The number of benzene rings is 2. The first-order valence-electron chi connectivity index (χ1n) is 8.62. The quantitative estimate of drug-likeness (QED) is 0.522. The fraction of sp³-hybridized carbons (Fsp3) is 0.200. The van der Waals surface area contributed by atoms with E-state index in [4.69, 9.17) is 0 Å². The van der Waals surface area contributed by atoms with Crippen molar-refractivity contribution in [3.05, 3.63) is 53.1 Å². The summed E-state index contributed by atoms with van der Waals surface area (Å²) in [5.41, 5.74) is 6.71. The van der Waals surface area contributed by atoms with Crippen LogP contribution in [0, 0.1) is 20.8 Å². The number of anilines is 1. The molecule has 0 aliphatic rings. The van der Waals surface area contributed by atoms with Gasteiger partial charge >= 0.3 is 0 Å². The summed E-state index contributed by atoms with van der Waals surface area (Å²) in [4.78, 5) is 20.0. The highest BCUT2D eigenvalue weighted by atomic mass is 32.2. The highest BCUT2D eigenvalue weighted by Crippen LogP contribution is 2.24. The van der Waals surface area contributed by atoms with Gasteiger partial charge < -0.3 is 10.3 Å². The molecular formula is C20H19N5OS. The predicted octanol–water partition coefficient (Wildman–Crippen LogP) is 4.16. The molecule has 2 aromatic heterocycles. The van der Waals surface area contributed by atoms with E-state index in [1.807, 2.05) is 51.1 Å². The Kier molecular flexibility index (Phi) is 4.53. The number of nitrogens with one attached hydrogen (secondary N) is 2. The minimum atomic E-state index is -0.0979. The molecule has 4 aromatic rings. The largest absolute Gasteiger partial charge is 0.338 e. The maximum atomic E-state index is 12.2. The lowest BCUT2D eigenvalue weighted by Gasteiger charge is -2.07. The van der Waals surface area contributed by atoms with E-state index in [2.05, 4.69) is 31.5 Å². The van der Waals surface area contributed by atoms with Crippen molar-refractivity contribution in [1.29, 1.82) is 0 Å². The molecule has 6 nitrogen and oxygen atoms in total. The van der Waals surface area contributed by atoms with Gasteiger partial charge in [0.05, 0.1) is 5.75 Å². The average molecular weight is 377 g/mol. The molecule has 0 atom stereocenters. The molecule has 1 amide bonds. The molecule has 0 unspecified atom stereocenters. The molecule has 0 bridgehead atoms. The zero-order valence-corrected chi connectivity index (χ0v) is 16.1. The molecule has 4 rings (SSSR count). The first-order valence-corrected chi connectivity index (χ1v) is 9.61. The van der Waals surface area contributed by atoms with E-state index >= 15 is 0 Å². The van der Waals surface area contributed by atoms with Crippen LogP contribution >= 0.6 is 11.8 Å². The van der Waals surface area contributed by atoms with Gasteiger partial charge in [-0.1, -0.05) is 29.5 Å². The summed E-state index contributed by atoms with van der Waals surface area (Å²) in [6.45, 7) is 6.11. The molecule has 0 saturated heterocycles. The van der Waals surface area contributed by atoms with Crippen LogP contribution in [0.15, 0.2) is 41.6 Å². The third-order valence-corrected chi connectivity index (χ3v) is 5.31. The van der Waals surface area contributed by atoms with Crippen LogP contribution in [0.1, 0.15) is 16.7 Å². The Morgan fingerprint density at radius 3 is 2.74 bits per heavy atom.